The van der Waals surface area contributed by atoms with Gasteiger partial charge in [0.15, 0.2) is 5.69 Å². The number of hydrogen-bond acceptors (Lipinski definition) is 8. The predicted molar refractivity (Wildman–Crippen MR) is 75.8 cm³/mol. The lowest BCUT2D eigenvalue weighted by Crippen LogP contribution is -2.00. The fourth-order valence-electron chi connectivity index (χ4n) is 1.58. The minimum absolute atomic E-state index is 0.265. The number of thioether (sulfide) groups is 1. The van der Waals surface area contributed by atoms with Crippen molar-refractivity contribution in [2.75, 3.05) is 12.9 Å². The molecule has 0 radical (unpaired) electrons. The van der Waals surface area contributed by atoms with E-state index in [0.717, 1.165) is 25.0 Å². The van der Waals surface area contributed by atoms with E-state index in [0.29, 0.717) is 29.0 Å². The Morgan fingerprint density at radius 3 is 3.05 bits per heavy atom. The zero-order chi connectivity index (χ0) is 15.1. The van der Waals surface area contributed by atoms with Gasteiger partial charge in [-0.3, -0.25) is 4.79 Å². The number of unbranched alkanes of at least 4 members (excludes halogenated alkanes) is 1. The zero-order valence-electron chi connectivity index (χ0n) is 12.0. The second-order valence-corrected chi connectivity index (χ2v) is 5.38. The topological polar surface area (TPSA) is 91.2 Å². The molecule has 0 atom stereocenters. The first-order valence-corrected chi connectivity index (χ1v) is 7.70. The van der Waals surface area contributed by atoms with Gasteiger partial charge in [-0.1, -0.05) is 30.3 Å². The van der Waals surface area contributed by atoms with E-state index in [4.69, 9.17) is 8.94 Å². The zero-order valence-corrected chi connectivity index (χ0v) is 12.8. The van der Waals surface area contributed by atoms with Crippen molar-refractivity contribution >= 4 is 17.7 Å². The van der Waals surface area contributed by atoms with Crippen LogP contribution >= 0.6 is 11.8 Å². The van der Waals surface area contributed by atoms with Crippen LogP contribution in [-0.2, 0) is 16.0 Å². The van der Waals surface area contributed by atoms with E-state index >= 15 is 0 Å². The third kappa shape index (κ3) is 4.59. The minimum atomic E-state index is -0.265. The summed E-state index contributed by atoms with van der Waals surface area (Å²) in [5.41, 5.74) is 0.536. The summed E-state index contributed by atoms with van der Waals surface area (Å²) in [7, 11) is 1.36. The van der Waals surface area contributed by atoms with Crippen LogP contribution in [0.5, 0.6) is 0 Å². The highest BCUT2D eigenvalue weighted by atomic mass is 32.2. The molecule has 0 aliphatic carbocycles. The highest BCUT2D eigenvalue weighted by Gasteiger charge is 2.14. The fraction of sp³-hybridized carbons (Fsp3) is 0.538. The van der Waals surface area contributed by atoms with E-state index < -0.39 is 0 Å². The molecule has 2 rings (SSSR count). The summed E-state index contributed by atoms with van der Waals surface area (Å²) in [6.45, 7) is 2.12. The lowest BCUT2D eigenvalue weighted by atomic mass is 10.2. The molecule has 0 aliphatic heterocycles. The van der Waals surface area contributed by atoms with Crippen LogP contribution in [0.3, 0.4) is 0 Å². The molecule has 0 spiro atoms. The summed E-state index contributed by atoms with van der Waals surface area (Å²) >= 11 is 1.30. The van der Waals surface area contributed by atoms with E-state index in [9.17, 15) is 4.79 Å². The molecule has 2 aromatic heterocycles. The van der Waals surface area contributed by atoms with Gasteiger partial charge in [-0.25, -0.2) is 0 Å². The molecular weight excluding hydrogens is 294 g/mol. The van der Waals surface area contributed by atoms with Gasteiger partial charge in [0.1, 0.15) is 5.76 Å². The minimum Gasteiger partial charge on any atom is -0.469 e. The molecule has 2 heterocycles. The molecule has 0 aromatic carbocycles. The second kappa shape index (κ2) is 7.82. The maximum atomic E-state index is 11.0. The lowest BCUT2D eigenvalue weighted by Gasteiger charge is -1.95. The molecule has 7 nitrogen and oxygen atoms in total. The number of hydrogen-bond donors (Lipinski definition) is 0. The quantitative estimate of drug-likeness (QED) is 0.543. The molecule has 0 fully saturated rings. The number of methoxy groups -OCH3 is 1. The summed E-state index contributed by atoms with van der Waals surface area (Å²) < 4.78 is 15.2. The van der Waals surface area contributed by atoms with Gasteiger partial charge in [0.25, 0.3) is 11.1 Å². The Bertz CT molecular complexity index is 581. The molecule has 0 unspecified atom stereocenters. The first-order chi connectivity index (χ1) is 10.2. The SMILES string of the molecule is CCCCc1cc(-c2nnc(SCCC(=O)OC)o2)no1. The monoisotopic (exact) mass is 311 g/mol. The molecule has 0 bridgehead atoms. The van der Waals surface area contributed by atoms with Crippen molar-refractivity contribution in [3.05, 3.63) is 11.8 Å². The number of ether oxygens (including phenoxy) is 1. The Morgan fingerprint density at radius 1 is 1.43 bits per heavy atom. The van der Waals surface area contributed by atoms with Crippen LogP contribution in [0, 0.1) is 0 Å². The van der Waals surface area contributed by atoms with Gasteiger partial charge in [-0.15, -0.1) is 10.2 Å². The first kappa shape index (κ1) is 15.6. The molecule has 0 amide bonds. The van der Waals surface area contributed by atoms with Crippen molar-refractivity contribution in [3.8, 4) is 11.6 Å². The summed E-state index contributed by atoms with van der Waals surface area (Å²) in [4.78, 5) is 11.0. The molecule has 0 N–H and O–H groups in total. The third-order valence-electron chi connectivity index (χ3n) is 2.72. The Balaban J connectivity index is 1.90. The van der Waals surface area contributed by atoms with Crippen molar-refractivity contribution < 1.29 is 18.5 Å². The van der Waals surface area contributed by atoms with Crippen LogP contribution in [0.4, 0.5) is 0 Å². The van der Waals surface area contributed by atoms with Gasteiger partial charge in [0.2, 0.25) is 0 Å². The second-order valence-electron chi connectivity index (χ2n) is 4.33. The highest BCUT2D eigenvalue weighted by Crippen LogP contribution is 2.23. The number of esters is 1. The van der Waals surface area contributed by atoms with Gasteiger partial charge < -0.3 is 13.7 Å². The molecule has 2 aromatic rings. The highest BCUT2D eigenvalue weighted by molar-refractivity contribution is 7.99. The summed E-state index contributed by atoms with van der Waals surface area (Å²) in [6, 6.07) is 1.81. The summed E-state index contributed by atoms with van der Waals surface area (Å²) in [5, 5.41) is 12.1. The number of rotatable bonds is 8. The van der Waals surface area contributed by atoms with E-state index in [1.807, 2.05) is 6.07 Å². The molecular formula is C13H17N3O4S. The van der Waals surface area contributed by atoms with Crippen LogP contribution in [0.15, 0.2) is 20.2 Å². The van der Waals surface area contributed by atoms with Gasteiger partial charge in [0, 0.05) is 18.2 Å². The number of aryl methyl sites for hydroxylation is 1. The molecule has 114 valence electrons. The van der Waals surface area contributed by atoms with Crippen LogP contribution in [0.1, 0.15) is 31.9 Å². The first-order valence-electron chi connectivity index (χ1n) is 6.72. The van der Waals surface area contributed by atoms with Crippen LogP contribution in [-0.4, -0.2) is 34.2 Å². The number of carbonyl (C=O) groups excluding carboxylic acids is 1. The number of nitrogens with zero attached hydrogens (tertiary/aromatic N) is 3. The third-order valence-corrected chi connectivity index (χ3v) is 3.54. The van der Waals surface area contributed by atoms with E-state index in [2.05, 4.69) is 27.0 Å². The maximum Gasteiger partial charge on any atom is 0.306 e. The van der Waals surface area contributed by atoms with Crippen LogP contribution < -0.4 is 0 Å². The summed E-state index contributed by atoms with van der Waals surface area (Å²) in [6.07, 6.45) is 3.28. The van der Waals surface area contributed by atoms with Crippen molar-refractivity contribution in [2.45, 2.75) is 37.8 Å². The Hall–Kier alpha value is -1.83. The van der Waals surface area contributed by atoms with Crippen molar-refractivity contribution in [1.29, 1.82) is 0 Å². The number of carbonyl (C=O) groups is 1. The predicted octanol–water partition coefficient (Wildman–Crippen LogP) is 2.72. The molecule has 0 saturated carbocycles. The van der Waals surface area contributed by atoms with Crippen molar-refractivity contribution in [3.63, 3.8) is 0 Å². The molecule has 0 saturated heterocycles. The van der Waals surface area contributed by atoms with Gasteiger partial charge in [0.05, 0.1) is 13.5 Å². The standard InChI is InChI=1S/C13H17N3O4S/c1-3-4-5-9-8-10(16-20-9)12-14-15-13(19-12)21-7-6-11(17)18-2/h8H,3-7H2,1-2H3. The molecule has 0 aliphatic rings. The normalized spacial score (nSPS) is 10.8. The Labute approximate surface area is 126 Å². The van der Waals surface area contributed by atoms with Gasteiger partial charge in [-0.2, -0.15) is 0 Å². The van der Waals surface area contributed by atoms with E-state index in [-0.39, 0.29) is 5.97 Å². The maximum absolute atomic E-state index is 11.0. The smallest absolute Gasteiger partial charge is 0.306 e. The Kier molecular flexibility index (Phi) is 5.79. The summed E-state index contributed by atoms with van der Waals surface area (Å²) in [5.74, 6) is 1.39. The molecule has 21 heavy (non-hydrogen) atoms. The van der Waals surface area contributed by atoms with E-state index in [1.165, 1.54) is 18.9 Å². The average molecular weight is 311 g/mol. The fourth-order valence-corrected chi connectivity index (χ4v) is 2.26. The lowest BCUT2D eigenvalue weighted by molar-refractivity contribution is -0.140. The van der Waals surface area contributed by atoms with Crippen molar-refractivity contribution in [1.82, 2.24) is 15.4 Å². The number of aromatic nitrogens is 3. The largest absolute Gasteiger partial charge is 0.469 e. The average Bonchev–Trinajstić information content (AvgIpc) is 3.13. The molecule has 8 heteroatoms. The van der Waals surface area contributed by atoms with Crippen molar-refractivity contribution in [2.24, 2.45) is 0 Å². The van der Waals surface area contributed by atoms with Gasteiger partial charge >= 0.3 is 5.97 Å². The van der Waals surface area contributed by atoms with Gasteiger partial charge in [-0.05, 0) is 6.42 Å². The Morgan fingerprint density at radius 2 is 2.29 bits per heavy atom. The van der Waals surface area contributed by atoms with E-state index in [1.54, 1.807) is 0 Å². The van der Waals surface area contributed by atoms with Crippen LogP contribution in [0.25, 0.3) is 11.6 Å². The van der Waals surface area contributed by atoms with Crippen LogP contribution in [0.2, 0.25) is 0 Å².